The van der Waals surface area contributed by atoms with Crippen LogP contribution in [0.2, 0.25) is 0 Å². The molecule has 1 saturated heterocycles. The fourth-order valence-corrected chi connectivity index (χ4v) is 4.57. The van der Waals surface area contributed by atoms with Crippen molar-refractivity contribution in [1.82, 2.24) is 14.6 Å². The van der Waals surface area contributed by atoms with Gasteiger partial charge in [0.15, 0.2) is 0 Å². The Morgan fingerprint density at radius 3 is 2.38 bits per heavy atom. The maximum Gasteiger partial charge on any atom is 0.227 e. The molecule has 0 bridgehead atoms. The molecule has 2 aromatic carbocycles. The average molecular weight is 418 g/mol. The van der Waals surface area contributed by atoms with Gasteiger partial charge in [-0.25, -0.2) is 8.81 Å². The quantitative estimate of drug-likeness (QED) is 0.696. The van der Waals surface area contributed by atoms with Crippen LogP contribution < -0.4 is 5.32 Å². The number of benzene rings is 2. The van der Waals surface area contributed by atoms with Crippen molar-refractivity contribution in [3.63, 3.8) is 0 Å². The molecule has 1 unspecified atom stereocenters. The number of hydrogen-bond donors (Lipinski definition) is 1. The van der Waals surface area contributed by atoms with Crippen molar-refractivity contribution >= 4 is 17.7 Å². The molecule has 2 aromatic rings. The van der Waals surface area contributed by atoms with Crippen LogP contribution >= 0.6 is 11.8 Å². The van der Waals surface area contributed by atoms with Crippen LogP contribution in [0.25, 0.3) is 0 Å². The zero-order valence-electron chi connectivity index (χ0n) is 17.1. The molecule has 0 aromatic heterocycles. The molecule has 1 fully saturated rings. The number of nitrogens with one attached hydrogen (secondary N) is 1. The molecule has 0 radical (unpaired) electrons. The summed E-state index contributed by atoms with van der Waals surface area (Å²) >= 11 is 6.49. The van der Waals surface area contributed by atoms with E-state index in [-0.39, 0.29) is 23.2 Å². The van der Waals surface area contributed by atoms with E-state index in [0.29, 0.717) is 31.6 Å². The first-order chi connectivity index (χ1) is 14.0. The molecule has 1 N–H and O–H groups in total. The van der Waals surface area contributed by atoms with E-state index in [0.717, 1.165) is 12.8 Å². The summed E-state index contributed by atoms with van der Waals surface area (Å²) in [6, 6.07) is 16.9. The van der Waals surface area contributed by atoms with Crippen molar-refractivity contribution in [2.75, 3.05) is 33.7 Å². The van der Waals surface area contributed by atoms with Gasteiger partial charge in [-0.15, -0.1) is 0 Å². The van der Waals surface area contributed by atoms with Crippen LogP contribution in [-0.4, -0.2) is 49.0 Å². The molecule has 1 atom stereocenters. The molecule has 156 valence electrons. The number of likely N-dealkylation sites (tertiary alicyclic amines) is 1. The third kappa shape index (κ3) is 4.80. The number of nitrogens with zero attached hydrogens (tertiary/aromatic N) is 2. The highest BCUT2D eigenvalue weighted by molar-refractivity contribution is 6.13. The van der Waals surface area contributed by atoms with Gasteiger partial charge in [0.25, 0.3) is 0 Å². The van der Waals surface area contributed by atoms with Gasteiger partial charge in [-0.05, 0) is 55.3 Å². The molecule has 0 aliphatic carbocycles. The zero-order valence-corrected chi connectivity index (χ0v) is 17.8. The molecule has 1 aliphatic heterocycles. The predicted octanol–water partition coefficient (Wildman–Crippen LogP) is 3.81. The van der Waals surface area contributed by atoms with Gasteiger partial charge < -0.3 is 10.2 Å². The number of rotatable bonds is 7. The normalized spacial score (nSPS) is 17.3. The highest BCUT2D eigenvalue weighted by Gasteiger charge is 2.41. The fourth-order valence-electron chi connectivity index (χ4n) is 4.30. The van der Waals surface area contributed by atoms with Crippen molar-refractivity contribution in [2.45, 2.75) is 24.8 Å². The first-order valence-corrected chi connectivity index (χ1v) is 10.4. The maximum absolute atomic E-state index is 14.1. The van der Waals surface area contributed by atoms with Crippen LogP contribution in [-0.2, 0) is 16.8 Å². The topological polar surface area (TPSA) is 35.6 Å². The van der Waals surface area contributed by atoms with E-state index in [1.54, 1.807) is 16.6 Å². The van der Waals surface area contributed by atoms with E-state index in [9.17, 15) is 9.18 Å². The van der Waals surface area contributed by atoms with Gasteiger partial charge in [0.05, 0.1) is 11.5 Å². The molecule has 1 heterocycles. The Labute approximate surface area is 177 Å². The van der Waals surface area contributed by atoms with E-state index in [1.165, 1.54) is 11.6 Å². The standard InChI is InChI=1S/C23H29ClFN3O/c1-26-17-19(16-18-8-6-7-11-21(18)25)22(29)28-14-12-23(13-15-28,27(2)24)20-9-4-3-5-10-20/h3-11,19,26H,12-17H2,1-2H3. The van der Waals surface area contributed by atoms with Gasteiger partial charge in [-0.2, -0.15) is 0 Å². The Kier molecular flexibility index (Phi) is 7.28. The Morgan fingerprint density at radius 2 is 1.79 bits per heavy atom. The van der Waals surface area contributed by atoms with Gasteiger partial charge in [-0.3, -0.25) is 4.79 Å². The van der Waals surface area contributed by atoms with Crippen LogP contribution in [0.15, 0.2) is 54.6 Å². The maximum atomic E-state index is 14.1. The van der Waals surface area contributed by atoms with Gasteiger partial charge in [-0.1, -0.05) is 48.5 Å². The summed E-state index contributed by atoms with van der Waals surface area (Å²) in [5.41, 5.74) is 1.46. The third-order valence-electron chi connectivity index (χ3n) is 6.03. The van der Waals surface area contributed by atoms with Crippen molar-refractivity contribution in [1.29, 1.82) is 0 Å². The average Bonchev–Trinajstić information content (AvgIpc) is 2.75. The molecule has 1 amide bonds. The van der Waals surface area contributed by atoms with E-state index in [2.05, 4.69) is 17.4 Å². The van der Waals surface area contributed by atoms with Gasteiger partial charge >= 0.3 is 0 Å². The molecule has 29 heavy (non-hydrogen) atoms. The summed E-state index contributed by atoms with van der Waals surface area (Å²) in [7, 11) is 3.70. The van der Waals surface area contributed by atoms with Crippen molar-refractivity contribution in [3.8, 4) is 0 Å². The molecule has 1 aliphatic rings. The summed E-state index contributed by atoms with van der Waals surface area (Å²) < 4.78 is 15.9. The number of piperidine rings is 1. The Morgan fingerprint density at radius 1 is 1.17 bits per heavy atom. The lowest BCUT2D eigenvalue weighted by molar-refractivity contribution is -0.137. The lowest BCUT2D eigenvalue weighted by Crippen LogP contribution is -2.52. The summed E-state index contributed by atoms with van der Waals surface area (Å²) in [6.45, 7) is 1.77. The Bertz CT molecular complexity index is 807. The van der Waals surface area contributed by atoms with E-state index < -0.39 is 0 Å². The summed E-state index contributed by atoms with van der Waals surface area (Å²) in [6.07, 6.45) is 1.91. The second-order valence-corrected chi connectivity index (χ2v) is 8.26. The number of amides is 1. The Hall–Kier alpha value is -1.95. The summed E-state index contributed by atoms with van der Waals surface area (Å²) in [5.74, 6) is -0.483. The minimum absolute atomic E-state index is 0.0708. The number of carbonyl (C=O) groups excluding carboxylic acids is 1. The van der Waals surface area contributed by atoms with Crippen LogP contribution in [0.5, 0.6) is 0 Å². The molecule has 3 rings (SSSR count). The van der Waals surface area contributed by atoms with Crippen LogP contribution in [0.4, 0.5) is 4.39 Å². The minimum Gasteiger partial charge on any atom is -0.342 e. The lowest BCUT2D eigenvalue weighted by Gasteiger charge is -2.45. The highest BCUT2D eigenvalue weighted by Crippen LogP contribution is 2.39. The molecule has 4 nitrogen and oxygen atoms in total. The Balaban J connectivity index is 1.72. The molecule has 0 saturated carbocycles. The van der Waals surface area contributed by atoms with Crippen molar-refractivity contribution in [3.05, 3.63) is 71.5 Å². The SMILES string of the molecule is CNCC(Cc1ccccc1F)C(=O)N1CCC(c2ccccc2)(N(C)Cl)CC1. The fraction of sp³-hybridized carbons (Fsp3) is 0.435. The largest absolute Gasteiger partial charge is 0.342 e. The zero-order chi connectivity index (χ0) is 20.9. The first kappa shape index (κ1) is 21.8. The van der Waals surface area contributed by atoms with E-state index in [1.807, 2.05) is 43.3 Å². The lowest BCUT2D eigenvalue weighted by atomic mass is 9.80. The van der Waals surface area contributed by atoms with Crippen LogP contribution in [0.1, 0.15) is 24.0 Å². The molecular weight excluding hydrogens is 389 g/mol. The van der Waals surface area contributed by atoms with Gasteiger partial charge in [0.2, 0.25) is 5.91 Å². The predicted molar refractivity (Wildman–Crippen MR) is 115 cm³/mol. The van der Waals surface area contributed by atoms with Crippen molar-refractivity contribution in [2.24, 2.45) is 5.92 Å². The van der Waals surface area contributed by atoms with Crippen LogP contribution in [0, 0.1) is 11.7 Å². The molecular formula is C23H29ClFN3O. The highest BCUT2D eigenvalue weighted by atomic mass is 35.5. The monoisotopic (exact) mass is 417 g/mol. The second kappa shape index (κ2) is 9.70. The third-order valence-corrected chi connectivity index (χ3v) is 6.35. The summed E-state index contributed by atoms with van der Waals surface area (Å²) in [4.78, 5) is 15.1. The molecule has 6 heteroatoms. The van der Waals surface area contributed by atoms with Gasteiger partial charge in [0.1, 0.15) is 5.82 Å². The summed E-state index contributed by atoms with van der Waals surface area (Å²) in [5, 5.41) is 3.09. The van der Waals surface area contributed by atoms with Gasteiger partial charge in [0, 0.05) is 26.7 Å². The number of halogens is 2. The van der Waals surface area contributed by atoms with E-state index in [4.69, 9.17) is 11.8 Å². The molecule has 0 spiro atoms. The second-order valence-electron chi connectivity index (χ2n) is 7.75. The van der Waals surface area contributed by atoms with E-state index >= 15 is 0 Å². The first-order valence-electron chi connectivity index (χ1n) is 10.1. The van der Waals surface area contributed by atoms with Crippen molar-refractivity contribution < 1.29 is 9.18 Å². The number of carbonyl (C=O) groups is 1. The van der Waals surface area contributed by atoms with Crippen LogP contribution in [0.3, 0.4) is 0 Å². The number of hydrogen-bond acceptors (Lipinski definition) is 3. The minimum atomic E-state index is -0.296. The smallest absolute Gasteiger partial charge is 0.227 e.